The number of hydrogen-bond donors (Lipinski definition) is 0. The Morgan fingerprint density at radius 1 is 1.28 bits per heavy atom. The van der Waals surface area contributed by atoms with Crippen molar-refractivity contribution in [3.05, 3.63) is 42.1 Å². The van der Waals surface area contributed by atoms with Crippen molar-refractivity contribution < 1.29 is 14.3 Å². The maximum absolute atomic E-state index is 11.8. The number of para-hydroxylation sites is 1. The monoisotopic (exact) mass is 245 g/mol. The minimum atomic E-state index is -0.0654. The zero-order valence-electron chi connectivity index (χ0n) is 10.3. The standard InChI is InChI=1S/C14H15NO3/c1-17-6-7-18-10-14(16)12-8-11-4-2-3-5-13(11)15-9-12/h2-5,8-9H,6-7,10H2,1H3. The third kappa shape index (κ3) is 3.12. The lowest BCUT2D eigenvalue weighted by atomic mass is 10.1. The van der Waals surface area contributed by atoms with Crippen molar-refractivity contribution in [2.24, 2.45) is 0 Å². The molecule has 0 bridgehead atoms. The highest BCUT2D eigenvalue weighted by molar-refractivity contribution is 5.99. The molecule has 0 unspecified atom stereocenters. The summed E-state index contributed by atoms with van der Waals surface area (Å²) in [6.07, 6.45) is 1.59. The van der Waals surface area contributed by atoms with Crippen LogP contribution in [0, 0.1) is 0 Å². The molecule has 0 radical (unpaired) electrons. The Bertz CT molecular complexity index is 539. The Labute approximate surface area is 106 Å². The maximum Gasteiger partial charge on any atom is 0.190 e. The molecule has 1 heterocycles. The number of carbonyl (C=O) groups is 1. The van der Waals surface area contributed by atoms with E-state index in [1.165, 1.54) is 0 Å². The Kier molecular flexibility index (Phi) is 4.39. The van der Waals surface area contributed by atoms with E-state index in [4.69, 9.17) is 9.47 Å². The molecule has 0 N–H and O–H groups in total. The molecule has 2 aromatic rings. The van der Waals surface area contributed by atoms with Crippen molar-refractivity contribution in [1.82, 2.24) is 4.98 Å². The van der Waals surface area contributed by atoms with Crippen molar-refractivity contribution in [1.29, 1.82) is 0 Å². The van der Waals surface area contributed by atoms with Crippen LogP contribution in [0.15, 0.2) is 36.5 Å². The van der Waals surface area contributed by atoms with E-state index in [1.54, 1.807) is 13.3 Å². The Morgan fingerprint density at radius 2 is 2.11 bits per heavy atom. The van der Waals surface area contributed by atoms with Gasteiger partial charge in [0, 0.05) is 24.3 Å². The molecule has 0 fully saturated rings. The van der Waals surface area contributed by atoms with Crippen LogP contribution in [0.1, 0.15) is 10.4 Å². The summed E-state index contributed by atoms with van der Waals surface area (Å²) in [5.74, 6) is -0.0654. The van der Waals surface area contributed by atoms with E-state index in [0.717, 1.165) is 10.9 Å². The van der Waals surface area contributed by atoms with Gasteiger partial charge < -0.3 is 9.47 Å². The molecule has 1 aromatic heterocycles. The lowest BCUT2D eigenvalue weighted by Gasteiger charge is -2.04. The first-order valence-electron chi connectivity index (χ1n) is 5.76. The quantitative estimate of drug-likeness (QED) is 0.577. The molecule has 0 aliphatic carbocycles. The molecular formula is C14H15NO3. The van der Waals surface area contributed by atoms with Crippen LogP contribution in [0.3, 0.4) is 0 Å². The van der Waals surface area contributed by atoms with E-state index in [1.807, 2.05) is 30.3 Å². The summed E-state index contributed by atoms with van der Waals surface area (Å²) in [6.45, 7) is 0.968. The summed E-state index contributed by atoms with van der Waals surface area (Å²) in [5.41, 5.74) is 1.46. The molecule has 0 spiro atoms. The molecular weight excluding hydrogens is 230 g/mol. The Morgan fingerprint density at radius 3 is 2.94 bits per heavy atom. The first-order chi connectivity index (χ1) is 8.81. The van der Waals surface area contributed by atoms with Gasteiger partial charge in [-0.15, -0.1) is 0 Å². The number of rotatable bonds is 6. The molecule has 0 atom stereocenters. The fraction of sp³-hybridized carbons (Fsp3) is 0.286. The normalized spacial score (nSPS) is 10.7. The third-order valence-electron chi connectivity index (χ3n) is 2.58. The van der Waals surface area contributed by atoms with Crippen molar-refractivity contribution in [2.75, 3.05) is 26.9 Å². The zero-order chi connectivity index (χ0) is 12.8. The molecule has 0 amide bonds. The van der Waals surface area contributed by atoms with Crippen LogP contribution in [0.4, 0.5) is 0 Å². The molecule has 94 valence electrons. The molecule has 18 heavy (non-hydrogen) atoms. The minimum Gasteiger partial charge on any atom is -0.382 e. The van der Waals surface area contributed by atoms with E-state index in [0.29, 0.717) is 18.8 Å². The van der Waals surface area contributed by atoms with Crippen LogP contribution in [0.2, 0.25) is 0 Å². The van der Waals surface area contributed by atoms with E-state index in [-0.39, 0.29) is 12.4 Å². The second-order valence-corrected chi connectivity index (χ2v) is 3.89. The summed E-state index contributed by atoms with van der Waals surface area (Å²) in [7, 11) is 1.60. The van der Waals surface area contributed by atoms with Gasteiger partial charge in [0.2, 0.25) is 0 Å². The van der Waals surface area contributed by atoms with E-state index in [9.17, 15) is 4.79 Å². The number of nitrogens with zero attached hydrogens (tertiary/aromatic N) is 1. The van der Waals surface area contributed by atoms with Crippen LogP contribution >= 0.6 is 0 Å². The predicted molar refractivity (Wildman–Crippen MR) is 68.8 cm³/mol. The molecule has 0 aliphatic rings. The highest BCUT2D eigenvalue weighted by atomic mass is 16.5. The van der Waals surface area contributed by atoms with Crippen LogP contribution in [0.5, 0.6) is 0 Å². The topological polar surface area (TPSA) is 48.4 Å². The van der Waals surface area contributed by atoms with Gasteiger partial charge in [0.15, 0.2) is 5.78 Å². The fourth-order valence-corrected chi connectivity index (χ4v) is 1.61. The molecule has 0 aliphatic heterocycles. The van der Waals surface area contributed by atoms with Gasteiger partial charge in [-0.1, -0.05) is 18.2 Å². The summed E-state index contributed by atoms with van der Waals surface area (Å²) in [6, 6.07) is 9.53. The summed E-state index contributed by atoms with van der Waals surface area (Å²) in [5, 5.41) is 0.959. The number of methoxy groups -OCH3 is 1. The third-order valence-corrected chi connectivity index (χ3v) is 2.58. The van der Waals surface area contributed by atoms with Gasteiger partial charge in [-0.3, -0.25) is 9.78 Å². The van der Waals surface area contributed by atoms with Gasteiger partial charge in [-0.25, -0.2) is 0 Å². The summed E-state index contributed by atoms with van der Waals surface area (Å²) in [4.78, 5) is 16.1. The molecule has 0 saturated carbocycles. The van der Waals surface area contributed by atoms with E-state index >= 15 is 0 Å². The van der Waals surface area contributed by atoms with E-state index < -0.39 is 0 Å². The predicted octanol–water partition coefficient (Wildman–Crippen LogP) is 2.08. The van der Waals surface area contributed by atoms with Gasteiger partial charge in [0.1, 0.15) is 6.61 Å². The van der Waals surface area contributed by atoms with Crippen molar-refractivity contribution in [3.63, 3.8) is 0 Å². The number of Topliss-reactive ketones (excluding diaryl/α,β-unsaturated/α-hetero) is 1. The highest BCUT2D eigenvalue weighted by Gasteiger charge is 2.07. The summed E-state index contributed by atoms with van der Waals surface area (Å²) >= 11 is 0. The average molecular weight is 245 g/mol. The number of ether oxygens (including phenoxy) is 2. The molecule has 1 aromatic carbocycles. The highest BCUT2D eigenvalue weighted by Crippen LogP contribution is 2.13. The Hall–Kier alpha value is -1.78. The van der Waals surface area contributed by atoms with E-state index in [2.05, 4.69) is 4.98 Å². The second kappa shape index (κ2) is 6.23. The molecule has 0 saturated heterocycles. The van der Waals surface area contributed by atoms with Gasteiger partial charge in [0.05, 0.1) is 18.7 Å². The van der Waals surface area contributed by atoms with Gasteiger partial charge in [-0.05, 0) is 12.1 Å². The van der Waals surface area contributed by atoms with Crippen molar-refractivity contribution in [3.8, 4) is 0 Å². The number of fused-ring (bicyclic) bond motifs is 1. The van der Waals surface area contributed by atoms with Crippen LogP contribution in [-0.4, -0.2) is 37.7 Å². The lowest BCUT2D eigenvalue weighted by Crippen LogP contribution is -2.12. The van der Waals surface area contributed by atoms with Crippen LogP contribution in [-0.2, 0) is 9.47 Å². The number of hydrogen-bond acceptors (Lipinski definition) is 4. The second-order valence-electron chi connectivity index (χ2n) is 3.89. The molecule has 4 nitrogen and oxygen atoms in total. The van der Waals surface area contributed by atoms with Crippen LogP contribution < -0.4 is 0 Å². The SMILES string of the molecule is COCCOCC(=O)c1cnc2ccccc2c1. The van der Waals surface area contributed by atoms with Gasteiger partial charge >= 0.3 is 0 Å². The lowest BCUT2D eigenvalue weighted by molar-refractivity contribution is 0.0576. The van der Waals surface area contributed by atoms with Gasteiger partial charge in [-0.2, -0.15) is 0 Å². The average Bonchev–Trinajstić information content (AvgIpc) is 2.43. The number of benzene rings is 1. The van der Waals surface area contributed by atoms with Crippen LogP contribution in [0.25, 0.3) is 10.9 Å². The van der Waals surface area contributed by atoms with Crippen molar-refractivity contribution in [2.45, 2.75) is 0 Å². The fourth-order valence-electron chi connectivity index (χ4n) is 1.61. The maximum atomic E-state index is 11.8. The Balaban J connectivity index is 2.04. The van der Waals surface area contributed by atoms with Gasteiger partial charge in [0.25, 0.3) is 0 Å². The first-order valence-corrected chi connectivity index (χ1v) is 5.76. The summed E-state index contributed by atoms with van der Waals surface area (Å²) < 4.78 is 10.0. The smallest absolute Gasteiger partial charge is 0.190 e. The number of aromatic nitrogens is 1. The molecule has 2 rings (SSSR count). The largest absolute Gasteiger partial charge is 0.382 e. The zero-order valence-corrected chi connectivity index (χ0v) is 10.3. The van der Waals surface area contributed by atoms with Crippen molar-refractivity contribution >= 4 is 16.7 Å². The number of carbonyl (C=O) groups excluding carboxylic acids is 1. The number of ketones is 1. The minimum absolute atomic E-state index is 0.0589. The first kappa shape index (κ1) is 12.7. The number of pyridine rings is 1. The molecule has 4 heteroatoms.